The van der Waals surface area contributed by atoms with Gasteiger partial charge in [-0.05, 0) is 38.0 Å². The minimum absolute atomic E-state index is 0.0815. The molecule has 148 valence electrons. The SMILES string of the molecule is Cc1ccc(-c2csc(NC(=O)CSc3cccc(NC(=O)C4CC4)c3)n2)cc1. The molecule has 2 aromatic carbocycles. The van der Waals surface area contributed by atoms with E-state index in [4.69, 9.17) is 0 Å². The van der Waals surface area contributed by atoms with Gasteiger partial charge >= 0.3 is 0 Å². The van der Waals surface area contributed by atoms with Crippen LogP contribution in [0.5, 0.6) is 0 Å². The van der Waals surface area contributed by atoms with Crippen molar-refractivity contribution < 1.29 is 9.59 Å². The van der Waals surface area contributed by atoms with E-state index in [1.807, 2.05) is 60.8 Å². The number of nitrogens with one attached hydrogen (secondary N) is 2. The number of carbonyl (C=O) groups is 2. The summed E-state index contributed by atoms with van der Waals surface area (Å²) in [5.74, 6) is 0.421. The van der Waals surface area contributed by atoms with Crippen LogP contribution in [-0.4, -0.2) is 22.6 Å². The number of hydrogen-bond acceptors (Lipinski definition) is 5. The van der Waals surface area contributed by atoms with E-state index < -0.39 is 0 Å². The van der Waals surface area contributed by atoms with Gasteiger partial charge in [0.2, 0.25) is 11.8 Å². The topological polar surface area (TPSA) is 71.1 Å². The Morgan fingerprint density at radius 1 is 1.14 bits per heavy atom. The Hall–Kier alpha value is -2.64. The third-order valence-electron chi connectivity index (χ3n) is 4.52. The van der Waals surface area contributed by atoms with Gasteiger partial charge in [-0.25, -0.2) is 4.98 Å². The Bertz CT molecular complexity index is 1030. The summed E-state index contributed by atoms with van der Waals surface area (Å²) in [5.41, 5.74) is 3.87. The standard InChI is InChI=1S/C22H21N3O2S2/c1-14-5-7-15(8-6-14)19-12-29-22(24-19)25-20(26)13-28-18-4-2-3-17(11-18)23-21(27)16-9-10-16/h2-8,11-12,16H,9-10,13H2,1H3,(H,23,27)(H,24,25,26). The Morgan fingerprint density at radius 2 is 1.93 bits per heavy atom. The van der Waals surface area contributed by atoms with Crippen molar-refractivity contribution in [3.8, 4) is 11.3 Å². The lowest BCUT2D eigenvalue weighted by Gasteiger charge is -2.07. The summed E-state index contributed by atoms with van der Waals surface area (Å²) in [6.07, 6.45) is 1.95. The van der Waals surface area contributed by atoms with E-state index in [-0.39, 0.29) is 23.5 Å². The zero-order valence-electron chi connectivity index (χ0n) is 16.0. The van der Waals surface area contributed by atoms with E-state index in [0.717, 1.165) is 34.7 Å². The highest BCUT2D eigenvalue weighted by atomic mass is 32.2. The molecule has 2 amide bonds. The smallest absolute Gasteiger partial charge is 0.236 e. The average molecular weight is 424 g/mol. The molecule has 1 aromatic heterocycles. The normalized spacial score (nSPS) is 13.1. The van der Waals surface area contributed by atoms with Crippen molar-refractivity contribution in [2.75, 3.05) is 16.4 Å². The van der Waals surface area contributed by atoms with E-state index in [0.29, 0.717) is 5.13 Å². The summed E-state index contributed by atoms with van der Waals surface area (Å²) in [4.78, 5) is 29.6. The predicted molar refractivity (Wildman–Crippen MR) is 119 cm³/mol. The number of nitrogens with zero attached hydrogens (tertiary/aromatic N) is 1. The number of aryl methyl sites for hydroxylation is 1. The first kappa shape index (κ1) is 19.7. The maximum Gasteiger partial charge on any atom is 0.236 e. The number of rotatable bonds is 7. The fourth-order valence-corrected chi connectivity index (χ4v) is 4.24. The van der Waals surface area contributed by atoms with Gasteiger partial charge in [-0.3, -0.25) is 9.59 Å². The lowest BCUT2D eigenvalue weighted by atomic mass is 10.1. The van der Waals surface area contributed by atoms with E-state index in [1.165, 1.54) is 28.7 Å². The molecule has 5 nitrogen and oxygen atoms in total. The molecule has 7 heteroatoms. The molecule has 0 unspecified atom stereocenters. The second-order valence-corrected chi connectivity index (χ2v) is 8.94. The summed E-state index contributed by atoms with van der Waals surface area (Å²) in [6, 6.07) is 15.7. The minimum atomic E-state index is -0.104. The Balaban J connectivity index is 1.30. The number of hydrogen-bond donors (Lipinski definition) is 2. The van der Waals surface area contributed by atoms with Crippen molar-refractivity contribution in [1.82, 2.24) is 4.98 Å². The third-order valence-corrected chi connectivity index (χ3v) is 6.27. The van der Waals surface area contributed by atoms with Gasteiger partial charge in [-0.1, -0.05) is 35.9 Å². The molecule has 29 heavy (non-hydrogen) atoms. The molecule has 1 saturated carbocycles. The van der Waals surface area contributed by atoms with Crippen molar-refractivity contribution in [2.45, 2.75) is 24.7 Å². The fraction of sp³-hybridized carbons (Fsp3) is 0.227. The summed E-state index contributed by atoms with van der Waals surface area (Å²) in [7, 11) is 0. The highest BCUT2D eigenvalue weighted by Crippen LogP contribution is 2.31. The Morgan fingerprint density at radius 3 is 2.69 bits per heavy atom. The number of amides is 2. The maximum absolute atomic E-state index is 12.3. The van der Waals surface area contributed by atoms with Gasteiger partial charge < -0.3 is 10.6 Å². The molecule has 1 heterocycles. The molecule has 1 aliphatic carbocycles. The molecular weight excluding hydrogens is 402 g/mol. The quantitative estimate of drug-likeness (QED) is 0.513. The van der Waals surface area contributed by atoms with E-state index in [9.17, 15) is 9.59 Å². The van der Waals surface area contributed by atoms with Gasteiger partial charge in [0.15, 0.2) is 5.13 Å². The lowest BCUT2D eigenvalue weighted by molar-refractivity contribution is -0.117. The molecule has 1 aliphatic rings. The van der Waals surface area contributed by atoms with E-state index in [2.05, 4.69) is 15.6 Å². The first-order chi connectivity index (χ1) is 14.1. The van der Waals surface area contributed by atoms with Crippen molar-refractivity contribution in [3.05, 3.63) is 59.5 Å². The summed E-state index contributed by atoms with van der Waals surface area (Å²) in [6.45, 7) is 2.05. The molecule has 2 N–H and O–H groups in total. The number of aromatic nitrogens is 1. The first-order valence-electron chi connectivity index (χ1n) is 9.43. The van der Waals surface area contributed by atoms with Gasteiger partial charge in [-0.15, -0.1) is 23.1 Å². The average Bonchev–Trinajstić information content (AvgIpc) is 3.47. The zero-order chi connectivity index (χ0) is 20.2. The van der Waals surface area contributed by atoms with Crippen LogP contribution >= 0.6 is 23.1 Å². The summed E-state index contributed by atoms with van der Waals surface area (Å²) in [5, 5.41) is 8.33. The highest BCUT2D eigenvalue weighted by molar-refractivity contribution is 8.00. The predicted octanol–water partition coefficient (Wildman–Crippen LogP) is 5.20. The molecule has 0 atom stereocenters. The van der Waals surface area contributed by atoms with Crippen LogP contribution in [0.3, 0.4) is 0 Å². The fourth-order valence-electron chi connectivity index (χ4n) is 2.75. The number of anilines is 2. The van der Waals surface area contributed by atoms with Crippen LogP contribution in [0.4, 0.5) is 10.8 Å². The number of thioether (sulfide) groups is 1. The molecule has 1 fully saturated rings. The number of benzene rings is 2. The lowest BCUT2D eigenvalue weighted by Crippen LogP contribution is -2.14. The van der Waals surface area contributed by atoms with Crippen LogP contribution in [0.1, 0.15) is 18.4 Å². The van der Waals surface area contributed by atoms with Crippen molar-refractivity contribution in [3.63, 3.8) is 0 Å². The van der Waals surface area contributed by atoms with Crippen LogP contribution in [-0.2, 0) is 9.59 Å². The van der Waals surface area contributed by atoms with Gasteiger partial charge in [0.05, 0.1) is 11.4 Å². The van der Waals surface area contributed by atoms with Crippen LogP contribution in [0.2, 0.25) is 0 Å². The molecular formula is C22H21N3O2S2. The van der Waals surface area contributed by atoms with Gasteiger partial charge in [0, 0.05) is 27.4 Å². The van der Waals surface area contributed by atoms with Gasteiger partial charge in [0.1, 0.15) is 0 Å². The second-order valence-electron chi connectivity index (χ2n) is 7.03. The molecule has 0 aliphatic heterocycles. The van der Waals surface area contributed by atoms with Gasteiger partial charge in [-0.2, -0.15) is 0 Å². The maximum atomic E-state index is 12.3. The summed E-state index contributed by atoms with van der Waals surface area (Å²) >= 11 is 2.85. The third kappa shape index (κ3) is 5.46. The molecule has 0 radical (unpaired) electrons. The molecule has 0 saturated heterocycles. The molecule has 0 bridgehead atoms. The first-order valence-corrected chi connectivity index (χ1v) is 11.3. The number of thiazole rings is 1. The van der Waals surface area contributed by atoms with Crippen LogP contribution in [0.15, 0.2) is 58.8 Å². The largest absolute Gasteiger partial charge is 0.326 e. The van der Waals surface area contributed by atoms with Crippen molar-refractivity contribution in [1.29, 1.82) is 0 Å². The van der Waals surface area contributed by atoms with E-state index >= 15 is 0 Å². The molecule has 4 rings (SSSR count). The number of carbonyl (C=O) groups excluding carboxylic acids is 2. The van der Waals surface area contributed by atoms with Crippen molar-refractivity contribution in [2.24, 2.45) is 5.92 Å². The zero-order valence-corrected chi connectivity index (χ0v) is 17.6. The monoisotopic (exact) mass is 423 g/mol. The van der Waals surface area contributed by atoms with Crippen LogP contribution in [0.25, 0.3) is 11.3 Å². The Kier molecular flexibility index (Phi) is 5.97. The van der Waals surface area contributed by atoms with Gasteiger partial charge in [0.25, 0.3) is 0 Å². The Labute approximate surface area is 178 Å². The second kappa shape index (κ2) is 8.80. The van der Waals surface area contributed by atoms with Crippen LogP contribution in [0, 0.1) is 12.8 Å². The molecule has 3 aromatic rings. The summed E-state index contributed by atoms with van der Waals surface area (Å²) < 4.78 is 0. The van der Waals surface area contributed by atoms with Crippen LogP contribution < -0.4 is 10.6 Å². The highest BCUT2D eigenvalue weighted by Gasteiger charge is 2.29. The molecule has 0 spiro atoms. The van der Waals surface area contributed by atoms with E-state index in [1.54, 1.807) is 0 Å². The minimum Gasteiger partial charge on any atom is -0.326 e. The van der Waals surface area contributed by atoms with Crippen molar-refractivity contribution >= 4 is 45.7 Å².